The Morgan fingerprint density at radius 2 is 2.05 bits per heavy atom. The lowest BCUT2D eigenvalue weighted by atomic mass is 10.2. The number of anilines is 1. The molecule has 0 aromatic heterocycles. The molecule has 1 atom stereocenters. The van der Waals surface area contributed by atoms with Gasteiger partial charge in [0, 0.05) is 19.1 Å². The molecule has 0 saturated carbocycles. The third-order valence-corrected chi connectivity index (χ3v) is 5.96. The van der Waals surface area contributed by atoms with E-state index >= 15 is 0 Å². The second-order valence-corrected chi connectivity index (χ2v) is 7.70. The minimum Gasteiger partial charge on any atom is -0.369 e. The quantitative estimate of drug-likeness (QED) is 0.840. The molecule has 1 aliphatic heterocycles. The Morgan fingerprint density at radius 1 is 1.29 bits per heavy atom. The van der Waals surface area contributed by atoms with E-state index in [2.05, 4.69) is 17.1 Å². The summed E-state index contributed by atoms with van der Waals surface area (Å²) >= 11 is 0. The molecule has 1 heterocycles. The normalized spacial score (nSPS) is 18.9. The summed E-state index contributed by atoms with van der Waals surface area (Å²) < 4.78 is 24.9. The molecular formula is C16H26N2O2S. The molecule has 1 fully saturated rings. The molecule has 1 unspecified atom stereocenters. The van der Waals surface area contributed by atoms with Crippen LogP contribution >= 0.6 is 0 Å². The van der Waals surface area contributed by atoms with Crippen molar-refractivity contribution >= 4 is 15.5 Å². The molecule has 1 aliphatic rings. The zero-order chi connectivity index (χ0) is 15.3. The number of nitrogens with zero attached hydrogens (tertiary/aromatic N) is 1. The van der Waals surface area contributed by atoms with Crippen LogP contribution in [0.5, 0.6) is 0 Å². The fraction of sp³-hybridized carbons (Fsp3) is 0.625. The zero-order valence-corrected chi connectivity index (χ0v) is 13.8. The van der Waals surface area contributed by atoms with Crippen LogP contribution in [0.25, 0.3) is 0 Å². The summed E-state index contributed by atoms with van der Waals surface area (Å²) in [5.41, 5.74) is 0.849. The molecule has 0 spiro atoms. The third kappa shape index (κ3) is 3.98. The Kier molecular flexibility index (Phi) is 5.65. The van der Waals surface area contributed by atoms with Crippen molar-refractivity contribution in [2.75, 3.05) is 30.3 Å². The molecule has 5 heteroatoms. The Labute approximate surface area is 128 Å². The van der Waals surface area contributed by atoms with Gasteiger partial charge in [0.05, 0.1) is 16.3 Å². The van der Waals surface area contributed by atoms with Crippen molar-refractivity contribution in [3.8, 4) is 0 Å². The van der Waals surface area contributed by atoms with E-state index in [0.717, 1.165) is 25.3 Å². The summed E-state index contributed by atoms with van der Waals surface area (Å²) in [6.07, 6.45) is 3.02. The Morgan fingerprint density at radius 3 is 2.67 bits per heavy atom. The second kappa shape index (κ2) is 7.27. The molecule has 2 rings (SSSR count). The standard InChI is InChI=1S/C16H26N2O2S/c1-3-12-21(19,20)16-10-6-5-9-15(16)18(4-2)13-14-8-7-11-17-14/h5-6,9-10,14,17H,3-4,7-8,11-13H2,1-2H3. The van der Waals surface area contributed by atoms with Crippen LogP contribution in [-0.2, 0) is 9.84 Å². The Hall–Kier alpha value is -1.07. The average molecular weight is 310 g/mol. The maximum absolute atomic E-state index is 12.5. The summed E-state index contributed by atoms with van der Waals surface area (Å²) in [6.45, 7) is 6.74. The summed E-state index contributed by atoms with van der Waals surface area (Å²) in [7, 11) is -3.19. The summed E-state index contributed by atoms with van der Waals surface area (Å²) in [4.78, 5) is 2.66. The van der Waals surface area contributed by atoms with Crippen LogP contribution < -0.4 is 10.2 Å². The molecule has 4 nitrogen and oxygen atoms in total. The highest BCUT2D eigenvalue weighted by Crippen LogP contribution is 2.27. The van der Waals surface area contributed by atoms with Crippen LogP contribution in [0.1, 0.15) is 33.1 Å². The van der Waals surface area contributed by atoms with Gasteiger partial charge in [-0.05, 0) is 44.9 Å². The molecule has 0 radical (unpaired) electrons. The minimum absolute atomic E-state index is 0.212. The number of nitrogens with one attached hydrogen (secondary N) is 1. The molecule has 0 aliphatic carbocycles. The van der Waals surface area contributed by atoms with E-state index in [4.69, 9.17) is 0 Å². The van der Waals surface area contributed by atoms with E-state index < -0.39 is 9.84 Å². The topological polar surface area (TPSA) is 49.4 Å². The molecule has 1 aromatic rings. The van der Waals surface area contributed by atoms with Crippen molar-refractivity contribution in [3.63, 3.8) is 0 Å². The largest absolute Gasteiger partial charge is 0.369 e. The van der Waals surface area contributed by atoms with Gasteiger partial charge in [-0.25, -0.2) is 8.42 Å². The highest BCUT2D eigenvalue weighted by atomic mass is 32.2. The minimum atomic E-state index is -3.19. The van der Waals surface area contributed by atoms with Gasteiger partial charge in [0.2, 0.25) is 0 Å². The SMILES string of the molecule is CCCS(=O)(=O)c1ccccc1N(CC)CC1CCCN1. The van der Waals surface area contributed by atoms with Crippen molar-refractivity contribution in [3.05, 3.63) is 24.3 Å². The maximum atomic E-state index is 12.5. The molecule has 1 aromatic carbocycles. The van der Waals surface area contributed by atoms with Gasteiger partial charge in [-0.15, -0.1) is 0 Å². The fourth-order valence-corrected chi connectivity index (χ4v) is 4.50. The monoisotopic (exact) mass is 310 g/mol. The van der Waals surface area contributed by atoms with Gasteiger partial charge in [-0.1, -0.05) is 19.1 Å². The number of benzene rings is 1. The third-order valence-electron chi connectivity index (χ3n) is 4.00. The first-order chi connectivity index (χ1) is 10.1. The van der Waals surface area contributed by atoms with Gasteiger partial charge in [0.25, 0.3) is 0 Å². The summed E-state index contributed by atoms with van der Waals surface area (Å²) in [5.74, 6) is 0.212. The first kappa shape index (κ1) is 16.3. The van der Waals surface area contributed by atoms with Gasteiger partial charge in [0.1, 0.15) is 0 Å². The molecular weight excluding hydrogens is 284 g/mol. The zero-order valence-electron chi connectivity index (χ0n) is 13.0. The van der Waals surface area contributed by atoms with Crippen molar-refractivity contribution < 1.29 is 8.42 Å². The number of rotatable bonds is 7. The molecule has 1 saturated heterocycles. The van der Waals surface area contributed by atoms with Crippen LogP contribution in [0.2, 0.25) is 0 Å². The lowest BCUT2D eigenvalue weighted by Crippen LogP contribution is -2.38. The van der Waals surface area contributed by atoms with E-state index in [9.17, 15) is 8.42 Å². The second-order valence-electron chi connectivity index (χ2n) is 5.62. The molecule has 1 N–H and O–H groups in total. The molecule has 0 amide bonds. The lowest BCUT2D eigenvalue weighted by molar-refractivity contribution is 0.579. The highest BCUT2D eigenvalue weighted by molar-refractivity contribution is 7.91. The predicted octanol–water partition coefficient (Wildman–Crippen LogP) is 2.45. The summed E-state index contributed by atoms with van der Waals surface area (Å²) in [6, 6.07) is 7.87. The van der Waals surface area contributed by atoms with E-state index in [0.29, 0.717) is 17.4 Å². The maximum Gasteiger partial charge on any atom is 0.180 e. The predicted molar refractivity (Wildman–Crippen MR) is 87.7 cm³/mol. The smallest absolute Gasteiger partial charge is 0.180 e. The highest BCUT2D eigenvalue weighted by Gasteiger charge is 2.23. The van der Waals surface area contributed by atoms with E-state index in [1.807, 2.05) is 25.1 Å². The van der Waals surface area contributed by atoms with Crippen molar-refractivity contribution in [1.29, 1.82) is 0 Å². The van der Waals surface area contributed by atoms with Crippen LogP contribution in [-0.4, -0.2) is 39.8 Å². The van der Waals surface area contributed by atoms with Gasteiger partial charge < -0.3 is 10.2 Å². The Bertz CT molecular complexity index is 551. The Balaban J connectivity index is 2.28. The van der Waals surface area contributed by atoms with Crippen molar-refractivity contribution in [1.82, 2.24) is 5.32 Å². The number of para-hydroxylation sites is 1. The van der Waals surface area contributed by atoms with Crippen LogP contribution in [0.4, 0.5) is 5.69 Å². The molecule has 0 bridgehead atoms. The number of hydrogen-bond donors (Lipinski definition) is 1. The lowest BCUT2D eigenvalue weighted by Gasteiger charge is -2.28. The number of likely N-dealkylation sites (N-methyl/N-ethyl adjacent to an activating group) is 1. The van der Waals surface area contributed by atoms with Gasteiger partial charge in [0.15, 0.2) is 9.84 Å². The number of sulfone groups is 1. The van der Waals surface area contributed by atoms with E-state index in [1.54, 1.807) is 6.07 Å². The summed E-state index contributed by atoms with van der Waals surface area (Å²) in [5, 5.41) is 3.48. The van der Waals surface area contributed by atoms with Crippen molar-refractivity contribution in [2.45, 2.75) is 44.0 Å². The van der Waals surface area contributed by atoms with Crippen molar-refractivity contribution in [2.24, 2.45) is 0 Å². The first-order valence-electron chi connectivity index (χ1n) is 7.88. The number of hydrogen-bond acceptors (Lipinski definition) is 4. The van der Waals surface area contributed by atoms with E-state index in [1.165, 1.54) is 12.8 Å². The van der Waals surface area contributed by atoms with Crippen LogP contribution in [0.3, 0.4) is 0 Å². The van der Waals surface area contributed by atoms with Crippen LogP contribution in [0, 0.1) is 0 Å². The van der Waals surface area contributed by atoms with Gasteiger partial charge in [-0.2, -0.15) is 0 Å². The van der Waals surface area contributed by atoms with Crippen LogP contribution in [0.15, 0.2) is 29.2 Å². The molecule has 118 valence electrons. The fourth-order valence-electron chi connectivity index (χ4n) is 2.94. The molecule has 21 heavy (non-hydrogen) atoms. The first-order valence-corrected chi connectivity index (χ1v) is 9.53. The van der Waals surface area contributed by atoms with Gasteiger partial charge >= 0.3 is 0 Å². The van der Waals surface area contributed by atoms with E-state index in [-0.39, 0.29) is 5.75 Å². The van der Waals surface area contributed by atoms with Gasteiger partial charge in [-0.3, -0.25) is 0 Å². The average Bonchev–Trinajstić information content (AvgIpc) is 2.98.